The molecule has 1 aliphatic rings. The first-order chi connectivity index (χ1) is 16.4. The Kier molecular flexibility index (Phi) is 7.79. The number of esters is 1. The number of benzene rings is 2. The average Bonchev–Trinajstić information content (AvgIpc) is 3.15. The Bertz CT molecular complexity index is 1190. The largest absolute Gasteiger partial charge is 0.466 e. The molecule has 0 N–H and O–H groups in total. The third-order valence-corrected chi connectivity index (χ3v) is 7.02. The molecule has 34 heavy (non-hydrogen) atoms. The zero-order valence-corrected chi connectivity index (χ0v) is 21.0. The lowest BCUT2D eigenvalue weighted by Gasteiger charge is -2.31. The molecule has 1 saturated heterocycles. The molecule has 1 atom stereocenters. The van der Waals surface area contributed by atoms with Crippen LogP contribution in [0.5, 0.6) is 0 Å². The fourth-order valence-electron chi connectivity index (χ4n) is 4.46. The van der Waals surface area contributed by atoms with Gasteiger partial charge in [0, 0.05) is 32.5 Å². The maximum Gasteiger partial charge on any atom is 0.310 e. The number of hydrogen-bond acceptors (Lipinski definition) is 4. The summed E-state index contributed by atoms with van der Waals surface area (Å²) in [7, 11) is 0. The molecule has 1 aromatic heterocycles. The quantitative estimate of drug-likeness (QED) is 0.404. The highest BCUT2D eigenvalue weighted by atomic mass is 35.5. The van der Waals surface area contributed by atoms with E-state index in [-0.39, 0.29) is 17.8 Å². The number of carbonyl (C=O) groups is 2. The van der Waals surface area contributed by atoms with E-state index in [4.69, 9.17) is 32.9 Å². The number of carbonyl (C=O) groups excluding carboxylic acids is 2. The highest BCUT2D eigenvalue weighted by Gasteiger charge is 2.29. The highest BCUT2D eigenvalue weighted by molar-refractivity contribution is 6.42. The van der Waals surface area contributed by atoms with Gasteiger partial charge in [0.1, 0.15) is 5.82 Å². The molecule has 2 heterocycles. The van der Waals surface area contributed by atoms with Crippen molar-refractivity contribution in [2.45, 2.75) is 46.1 Å². The molecule has 4 rings (SSSR count). The zero-order chi connectivity index (χ0) is 24.2. The summed E-state index contributed by atoms with van der Waals surface area (Å²) in [6.07, 6.45) is 2.50. The van der Waals surface area contributed by atoms with Gasteiger partial charge in [-0.3, -0.25) is 9.59 Å². The minimum atomic E-state index is -0.246. The van der Waals surface area contributed by atoms with Gasteiger partial charge in [-0.15, -0.1) is 0 Å². The zero-order valence-electron chi connectivity index (χ0n) is 19.5. The number of piperidine rings is 1. The van der Waals surface area contributed by atoms with Crippen LogP contribution in [0, 0.1) is 12.8 Å². The SMILES string of the molecule is CCOC(=O)C1CCCN(C(=O)CCn2c(Cc3ccc(C)cc3)nc3cc(Cl)c(Cl)cc32)C1. The highest BCUT2D eigenvalue weighted by Crippen LogP contribution is 2.29. The van der Waals surface area contributed by atoms with Crippen LogP contribution >= 0.6 is 23.2 Å². The maximum atomic E-state index is 13.1. The molecule has 1 amide bonds. The molecule has 3 aromatic rings. The van der Waals surface area contributed by atoms with Crippen LogP contribution in [0.4, 0.5) is 0 Å². The van der Waals surface area contributed by atoms with Crippen molar-refractivity contribution in [3.05, 3.63) is 63.4 Å². The number of ether oxygens (including phenoxy) is 1. The molecule has 1 aliphatic heterocycles. The number of imidazole rings is 1. The van der Waals surface area contributed by atoms with Gasteiger partial charge in [0.15, 0.2) is 0 Å². The molecule has 0 bridgehead atoms. The van der Waals surface area contributed by atoms with Gasteiger partial charge in [-0.1, -0.05) is 53.0 Å². The maximum absolute atomic E-state index is 13.1. The summed E-state index contributed by atoms with van der Waals surface area (Å²) in [6.45, 7) is 5.76. The van der Waals surface area contributed by atoms with Crippen molar-refractivity contribution in [1.82, 2.24) is 14.5 Å². The molecule has 1 fully saturated rings. The third kappa shape index (κ3) is 5.56. The minimum Gasteiger partial charge on any atom is -0.466 e. The summed E-state index contributed by atoms with van der Waals surface area (Å²) in [5.41, 5.74) is 3.94. The smallest absolute Gasteiger partial charge is 0.310 e. The van der Waals surface area contributed by atoms with E-state index in [2.05, 4.69) is 35.8 Å². The van der Waals surface area contributed by atoms with E-state index < -0.39 is 0 Å². The van der Waals surface area contributed by atoms with Crippen molar-refractivity contribution in [2.24, 2.45) is 5.92 Å². The Labute approximate surface area is 209 Å². The van der Waals surface area contributed by atoms with Crippen LogP contribution in [0.2, 0.25) is 10.0 Å². The van der Waals surface area contributed by atoms with E-state index in [0.717, 1.165) is 35.3 Å². The topological polar surface area (TPSA) is 64.4 Å². The predicted octanol–water partition coefficient (Wildman–Crippen LogP) is 5.43. The molecule has 0 spiro atoms. The Morgan fingerprint density at radius 1 is 1.15 bits per heavy atom. The molecule has 8 heteroatoms. The Balaban J connectivity index is 1.54. The summed E-state index contributed by atoms with van der Waals surface area (Å²) in [6, 6.07) is 11.9. The average molecular weight is 502 g/mol. The van der Waals surface area contributed by atoms with E-state index >= 15 is 0 Å². The van der Waals surface area contributed by atoms with Gasteiger partial charge in [0.05, 0.1) is 33.6 Å². The van der Waals surface area contributed by atoms with Crippen LogP contribution in [0.15, 0.2) is 36.4 Å². The Morgan fingerprint density at radius 2 is 1.88 bits per heavy atom. The van der Waals surface area contributed by atoms with Gasteiger partial charge in [-0.2, -0.15) is 0 Å². The van der Waals surface area contributed by atoms with Crippen molar-refractivity contribution in [2.75, 3.05) is 19.7 Å². The first kappa shape index (κ1) is 24.6. The minimum absolute atomic E-state index is 0.0252. The lowest BCUT2D eigenvalue weighted by Crippen LogP contribution is -2.43. The van der Waals surface area contributed by atoms with Crippen LogP contribution in [0.1, 0.15) is 43.1 Å². The predicted molar refractivity (Wildman–Crippen MR) is 134 cm³/mol. The standard InChI is InChI=1S/C26H29Cl2N3O3/c1-3-34-26(33)19-5-4-11-30(16-19)25(32)10-12-31-23-15-21(28)20(27)14-22(23)29-24(31)13-18-8-6-17(2)7-9-18/h6-9,14-15,19H,3-5,10-13,16H2,1-2H3. The van der Waals surface area contributed by atoms with Gasteiger partial charge in [0.2, 0.25) is 5.91 Å². The molecule has 0 radical (unpaired) electrons. The van der Waals surface area contributed by atoms with Gasteiger partial charge >= 0.3 is 5.97 Å². The fourth-order valence-corrected chi connectivity index (χ4v) is 4.78. The molecular weight excluding hydrogens is 473 g/mol. The van der Waals surface area contributed by atoms with Crippen LogP contribution in [0.25, 0.3) is 11.0 Å². The monoisotopic (exact) mass is 501 g/mol. The van der Waals surface area contributed by atoms with E-state index in [9.17, 15) is 9.59 Å². The van der Waals surface area contributed by atoms with Gasteiger partial charge in [-0.25, -0.2) is 4.98 Å². The molecule has 0 saturated carbocycles. The lowest BCUT2D eigenvalue weighted by atomic mass is 9.98. The fraction of sp³-hybridized carbons (Fsp3) is 0.423. The van der Waals surface area contributed by atoms with Crippen LogP contribution in [-0.2, 0) is 27.3 Å². The van der Waals surface area contributed by atoms with E-state index in [0.29, 0.717) is 49.1 Å². The second kappa shape index (κ2) is 10.8. The van der Waals surface area contributed by atoms with Gasteiger partial charge in [-0.05, 0) is 44.4 Å². The number of nitrogens with zero attached hydrogens (tertiary/aromatic N) is 3. The number of aromatic nitrogens is 2. The Hall–Kier alpha value is -2.57. The number of fused-ring (bicyclic) bond motifs is 1. The normalized spacial score (nSPS) is 16.1. The molecular formula is C26H29Cl2N3O3. The van der Waals surface area contributed by atoms with E-state index in [1.165, 1.54) is 5.56 Å². The second-order valence-corrected chi connectivity index (χ2v) is 9.59. The number of hydrogen-bond donors (Lipinski definition) is 0. The van der Waals surface area contributed by atoms with Crippen LogP contribution < -0.4 is 0 Å². The molecule has 6 nitrogen and oxygen atoms in total. The number of halogens is 2. The third-order valence-electron chi connectivity index (χ3n) is 6.30. The van der Waals surface area contributed by atoms with Crippen LogP contribution in [0.3, 0.4) is 0 Å². The summed E-state index contributed by atoms with van der Waals surface area (Å²) in [4.78, 5) is 31.8. The van der Waals surface area contributed by atoms with E-state index in [1.54, 1.807) is 17.9 Å². The second-order valence-electron chi connectivity index (χ2n) is 8.78. The lowest BCUT2D eigenvalue weighted by molar-refractivity contribution is -0.151. The summed E-state index contributed by atoms with van der Waals surface area (Å²) in [5, 5.41) is 0.909. The summed E-state index contributed by atoms with van der Waals surface area (Å²) in [5.74, 6) is 0.419. The summed E-state index contributed by atoms with van der Waals surface area (Å²) < 4.78 is 7.22. The van der Waals surface area contributed by atoms with Crippen molar-refractivity contribution in [3.8, 4) is 0 Å². The first-order valence-electron chi connectivity index (χ1n) is 11.7. The van der Waals surface area contributed by atoms with E-state index in [1.807, 2.05) is 6.07 Å². The van der Waals surface area contributed by atoms with Gasteiger partial charge in [0.25, 0.3) is 0 Å². The number of likely N-dealkylation sites (tertiary alicyclic amines) is 1. The van der Waals surface area contributed by atoms with Gasteiger partial charge < -0.3 is 14.2 Å². The molecule has 2 aromatic carbocycles. The summed E-state index contributed by atoms with van der Waals surface area (Å²) >= 11 is 12.5. The number of aryl methyl sites for hydroxylation is 2. The van der Waals surface area contributed by atoms with Crippen LogP contribution in [-0.4, -0.2) is 46.0 Å². The number of amides is 1. The van der Waals surface area contributed by atoms with Crippen molar-refractivity contribution >= 4 is 46.1 Å². The van der Waals surface area contributed by atoms with Crippen molar-refractivity contribution < 1.29 is 14.3 Å². The molecule has 180 valence electrons. The number of rotatable bonds is 7. The Morgan fingerprint density at radius 3 is 2.62 bits per heavy atom. The van der Waals surface area contributed by atoms with Crippen molar-refractivity contribution in [3.63, 3.8) is 0 Å². The van der Waals surface area contributed by atoms with Crippen molar-refractivity contribution in [1.29, 1.82) is 0 Å². The first-order valence-corrected chi connectivity index (χ1v) is 12.5. The molecule has 0 aliphatic carbocycles. The molecule has 1 unspecified atom stereocenters.